The molecule has 0 rings (SSSR count). The van der Waals surface area contributed by atoms with Crippen LogP contribution < -0.4 is 69.6 Å². The average molecular weight is 2350 g/mol. The third kappa shape index (κ3) is 87.3. The first-order valence-corrected chi connectivity index (χ1v) is 42.5. The molecule has 0 heterocycles. The van der Waals surface area contributed by atoms with Crippen molar-refractivity contribution in [3.63, 3.8) is 0 Å². The van der Waals surface area contributed by atoms with Crippen molar-refractivity contribution in [1.82, 2.24) is 0 Å². The summed E-state index contributed by atoms with van der Waals surface area (Å²) in [6.07, 6.45) is 0. The van der Waals surface area contributed by atoms with Gasteiger partial charge in [0.05, 0.1) is 63.8 Å². The zero-order chi connectivity index (χ0) is 103. The van der Waals surface area contributed by atoms with Crippen LogP contribution in [0.5, 0.6) is 0 Å². The molecule has 0 aliphatic heterocycles. The monoisotopic (exact) mass is 2350 g/mol. The summed E-state index contributed by atoms with van der Waals surface area (Å²) in [7, 11) is -11.4. The van der Waals surface area contributed by atoms with Crippen LogP contribution in [0.15, 0.2) is 0 Å². The van der Waals surface area contributed by atoms with Gasteiger partial charge in [-0.2, -0.15) is 8.42 Å². The van der Waals surface area contributed by atoms with Crippen molar-refractivity contribution in [3.05, 3.63) is 182 Å². The molecule has 0 fully saturated rings. The largest absolute Gasteiger partial charge is 1.00 e. The summed E-state index contributed by atoms with van der Waals surface area (Å²) < 4.78 is 61.1. The maximum Gasteiger partial charge on any atom is 1.00 e. The molecule has 0 aromatic heterocycles. The minimum absolute atomic E-state index is 0. The van der Waals surface area contributed by atoms with Crippen LogP contribution in [0.4, 0.5) is 0 Å². The fraction of sp³-hybridized carbons (Fsp3) is 1.00. The summed E-state index contributed by atoms with van der Waals surface area (Å²) in [6.45, 7) is -16.9. The zero-order valence-corrected chi connectivity index (χ0v) is 80.4. The third-order valence-electron chi connectivity index (χ3n) is 12.4. The molecule has 0 aromatic carbocycles. The van der Waals surface area contributed by atoms with Crippen molar-refractivity contribution in [1.29, 1.82) is 0 Å². The molecule has 0 saturated heterocycles. The first-order valence-electron chi connectivity index (χ1n) is 30.1. The molecule has 2 atom stereocenters. The van der Waals surface area contributed by atoms with Gasteiger partial charge in [0.2, 0.25) is 0 Å². The second-order valence-corrected chi connectivity index (χ2v) is 34.0. The Bertz CT molecular complexity index is 3450. The third-order valence-corrected chi connectivity index (χ3v) is 22.2. The van der Waals surface area contributed by atoms with Crippen molar-refractivity contribution in [2.45, 2.75) is 0 Å². The molecule has 0 aliphatic carbocycles. The Morgan fingerprint density at radius 1 is 0.246 bits per heavy atom. The summed E-state index contributed by atoms with van der Waals surface area (Å²) >= 11 is 17.4. The fourth-order valence-electron chi connectivity index (χ4n) is 6.30. The molecule has 0 radical (unpaired) electrons. The molecule has 0 amide bonds. The van der Waals surface area contributed by atoms with Crippen LogP contribution in [0, 0.1) is 220 Å². The Morgan fingerprint density at radius 2 is 0.351 bits per heavy atom. The Balaban J connectivity index is -0.000000153. The molecule has 0 aliphatic rings. The topological polar surface area (TPSA) is 1240 Å². The van der Waals surface area contributed by atoms with Gasteiger partial charge in [0, 0.05) is 55.3 Å². The van der Waals surface area contributed by atoms with Gasteiger partial charge in [0.15, 0.2) is 0 Å². The molecule has 87 nitrogen and oxygen atoms in total. The SMILES string of the molecule is O.O.O=S(=O)(O)O.O=[N+]([O-])OCC(CBr)(CO[N+](=O)[O-])CO[N+](=O)[O-].O=[N+]([O-])OCC(CBr)(CO[N+](=O)[O-])CO[N+](=O)[O-].O=[N+]([O-])OCC(CO[N+](=O)[O-])(CO[N+](=O)[O-])CS(=O)(=S)O[O-].O=[N+]([O-])OCC(CO[N+](=O)[O-])(CO[N+](=O)[O-])CS(=O)(=S)O[O-].O=[N+]([O-])OCC(CO[N+](=O)[O-])(CO[N+](=O)[O-])CSSCC(CO[N+](=O)[O-])(CO[N+](=O)[O-])CO[N+](=O)[O-].OCC(CO)(CO)CBr.[Na+].[Na+]. The Labute approximate surface area is 820 Å². The summed E-state index contributed by atoms with van der Waals surface area (Å²) in [5, 5.41) is 209. The number of alkyl halides is 3. The van der Waals surface area contributed by atoms with Crippen molar-refractivity contribution in [3.8, 4) is 0 Å². The number of aliphatic hydroxyl groups excluding tert-OH is 3. The van der Waals surface area contributed by atoms with E-state index in [-0.39, 0.29) is 101 Å². The van der Waals surface area contributed by atoms with Gasteiger partial charge in [-0.3, -0.25) is 9.11 Å². The molecule has 99 heteroatoms. The van der Waals surface area contributed by atoms with Crippen LogP contribution in [0.25, 0.3) is 0 Å². The average Bonchev–Trinajstić information content (AvgIpc) is 0.828. The van der Waals surface area contributed by atoms with Crippen molar-refractivity contribution < 1.29 is 309 Å². The van der Waals surface area contributed by atoms with Gasteiger partial charge >= 0.3 is 69.5 Å². The number of rotatable bonds is 71. The van der Waals surface area contributed by atoms with Crippen LogP contribution in [0.3, 0.4) is 0 Å². The first kappa shape index (κ1) is 147. The standard InChI is InChI=1S/C10H16N6O18S2.2C5H8BrN3O9.C5H11BrO3.2C5H9N3O12S2.2Na.H2O4S.2H2O/c17-11(18)29-1-9(2-30-12(19)20,3-31-13(21)22)7-35-36-8-10(4-32-14(23)24,5-33-15(25)26)6-34-16(27)28;2*6-1-5(2-16-7(10)11,3-17-8(12)13)4-18-9(14)15;6-1-5(2-7,3-8)4-9;2*9-6(10)17-1-5(2-18-7(11)12,3-19-8(13)14)4-22(16,21)20-15;;;1-5(2,3)4;;/h1-8H2;2*1-4H2;7-9H,1-4H2;2*15H,1-4H2;;;(H2,1,2,3,4);2*1H2/q;;;;;;2*+1;;;/p-2. The second kappa shape index (κ2) is 77.2. The molecule has 774 valence electrons. The second-order valence-electron chi connectivity index (χ2n) is 22.8. The van der Waals surface area contributed by atoms with Crippen LogP contribution in [-0.2, 0) is 146 Å². The number of aliphatic hydroxyl groups is 3. The van der Waals surface area contributed by atoms with E-state index >= 15 is 0 Å². The molecular weight excluding hydrogens is 2290 g/mol. The predicted molar refractivity (Wildman–Crippen MR) is 402 cm³/mol. The van der Waals surface area contributed by atoms with Crippen LogP contribution in [0.2, 0.25) is 0 Å². The van der Waals surface area contributed by atoms with Crippen LogP contribution >= 0.6 is 69.4 Å². The minimum Gasteiger partial charge on any atom is -0.709 e. The quantitative estimate of drug-likeness (QED) is 0.00552. The van der Waals surface area contributed by atoms with Gasteiger partial charge in [-0.15, -0.1) is 182 Å². The Hall–Kier alpha value is -10.0. The van der Waals surface area contributed by atoms with Gasteiger partial charge in [-0.05, 0) is 0 Å². The maximum absolute atomic E-state index is 11.5. The van der Waals surface area contributed by atoms with E-state index < -0.39 is 299 Å². The normalized spacial score (nSPS) is 11.5. The Kier molecular flexibility index (Phi) is 84.6. The first-order chi connectivity index (χ1) is 59.6. The molecule has 0 bridgehead atoms. The van der Waals surface area contributed by atoms with Gasteiger partial charge in [0.1, 0.15) is 136 Å². The summed E-state index contributed by atoms with van der Waals surface area (Å²) in [6, 6.07) is 0. The number of nitrogens with zero attached hydrogens (tertiary/aromatic N) is 18. The van der Waals surface area contributed by atoms with Crippen LogP contribution in [-0.4, -0.2) is 322 Å². The van der Waals surface area contributed by atoms with E-state index in [0.717, 1.165) is 0 Å². The molecule has 0 saturated carbocycles. The molecular formula is C35H65Br3N18Na2O69S7. The molecule has 9 N–H and O–H groups in total. The maximum atomic E-state index is 11.5. The smallest absolute Gasteiger partial charge is 0.709 e. The van der Waals surface area contributed by atoms with E-state index in [2.05, 4.69) is 166 Å². The van der Waals surface area contributed by atoms with Crippen molar-refractivity contribution >= 4 is 120 Å². The summed E-state index contributed by atoms with van der Waals surface area (Å²) in [5.41, 5.74) is -11.6. The van der Waals surface area contributed by atoms with Gasteiger partial charge < -0.3 is 133 Å². The molecule has 0 aromatic rings. The van der Waals surface area contributed by atoms with Gasteiger partial charge in [-0.25, -0.2) is 8.42 Å². The van der Waals surface area contributed by atoms with Crippen molar-refractivity contribution in [2.75, 3.05) is 178 Å². The van der Waals surface area contributed by atoms with Crippen molar-refractivity contribution in [2.24, 2.45) is 37.9 Å². The van der Waals surface area contributed by atoms with Gasteiger partial charge in [-0.1, -0.05) is 69.4 Å². The Morgan fingerprint density at radius 3 is 0.433 bits per heavy atom. The van der Waals surface area contributed by atoms with E-state index in [4.69, 9.17) is 32.8 Å². The zero-order valence-electron chi connectivity index (χ0n) is 65.9. The molecule has 0 spiro atoms. The summed E-state index contributed by atoms with van der Waals surface area (Å²) in [5.74, 6) is -3.03. The minimum atomic E-state index is -4.67. The molecule has 2 unspecified atom stereocenters. The van der Waals surface area contributed by atoms with E-state index in [1.165, 1.54) is 0 Å². The predicted octanol–water partition coefficient (Wildman–Crippen LogP) is -14.3. The van der Waals surface area contributed by atoms with E-state index in [9.17, 15) is 201 Å². The number of hydrogen-bond acceptors (Lipinski definition) is 69. The summed E-state index contributed by atoms with van der Waals surface area (Å²) in [4.78, 5) is 258. The fourth-order valence-corrected chi connectivity index (χ4v) is 14.6. The van der Waals surface area contributed by atoms with Gasteiger partial charge in [0.25, 0.3) is 91.6 Å². The number of halogens is 3. The van der Waals surface area contributed by atoms with E-state index in [1.54, 1.807) is 0 Å². The van der Waals surface area contributed by atoms with Crippen LogP contribution in [0.1, 0.15) is 0 Å². The van der Waals surface area contributed by atoms with E-state index in [1.807, 2.05) is 0 Å². The van der Waals surface area contributed by atoms with E-state index in [0.29, 0.717) is 26.9 Å². The molecule has 134 heavy (non-hydrogen) atoms. The number of hydrogen-bond donors (Lipinski definition) is 5.